The number of hydrogen-bond acceptors (Lipinski definition) is 5. The Kier molecular flexibility index (Phi) is 7.15. The predicted octanol–water partition coefficient (Wildman–Crippen LogP) is 2.35. The highest BCUT2D eigenvalue weighted by molar-refractivity contribution is 9.10. The van der Waals surface area contributed by atoms with Gasteiger partial charge in [-0.2, -0.15) is 0 Å². The molecule has 1 heterocycles. The highest BCUT2D eigenvalue weighted by Gasteiger charge is 2.06. The molecule has 0 spiro atoms. The summed E-state index contributed by atoms with van der Waals surface area (Å²) in [6.45, 7) is 0. The van der Waals surface area contributed by atoms with E-state index in [2.05, 4.69) is 36.2 Å². The third-order valence-corrected chi connectivity index (χ3v) is 2.58. The van der Waals surface area contributed by atoms with E-state index >= 15 is 0 Å². The summed E-state index contributed by atoms with van der Waals surface area (Å²) >= 11 is 3.31. The minimum atomic E-state index is -0.310. The van der Waals surface area contributed by atoms with Crippen LogP contribution in [0.3, 0.4) is 0 Å². The van der Waals surface area contributed by atoms with Crippen LogP contribution in [0.4, 0.5) is 10.5 Å². The maximum absolute atomic E-state index is 11.3. The van der Waals surface area contributed by atoms with Crippen LogP contribution in [0.5, 0.6) is 0 Å². The van der Waals surface area contributed by atoms with Gasteiger partial charge in [0.25, 0.3) is 0 Å². The Hall–Kier alpha value is -2.06. The molecule has 0 radical (unpaired) electrons. The zero-order chi connectivity index (χ0) is 14.8. The van der Waals surface area contributed by atoms with Gasteiger partial charge in [-0.1, -0.05) is 15.9 Å². The van der Waals surface area contributed by atoms with Crippen LogP contribution in [0.15, 0.2) is 47.7 Å². The van der Waals surface area contributed by atoms with Crippen molar-refractivity contribution in [3.63, 3.8) is 0 Å². The number of rotatable bonds is 2. The van der Waals surface area contributed by atoms with Crippen molar-refractivity contribution in [2.45, 2.75) is 0 Å². The van der Waals surface area contributed by atoms with Gasteiger partial charge < -0.3 is 5.32 Å². The van der Waals surface area contributed by atoms with Gasteiger partial charge in [0, 0.05) is 17.2 Å². The van der Waals surface area contributed by atoms with Crippen LogP contribution in [0.1, 0.15) is 0 Å². The molecule has 106 valence electrons. The number of carbonyl (C=O) groups excluding carboxylic acids is 1. The van der Waals surface area contributed by atoms with E-state index in [1.165, 1.54) is 33.1 Å². The summed E-state index contributed by atoms with van der Waals surface area (Å²) in [5.74, 6) is 0. The molecular formula is C12H14BrN5O2. The Labute approximate surface area is 125 Å². The van der Waals surface area contributed by atoms with Gasteiger partial charge >= 0.3 is 6.03 Å². The average molecular weight is 340 g/mol. The fraction of sp³-hybridized carbons (Fsp3) is 0.167. The standard InChI is InChI=1S/C9H11BrN2O2.C3H3N3/c1-12(14-2)9(13)11-8-5-3-7(10)4-6-8;1-4-2-6-3-5-1/h3-6H,1-2H3,(H,11,13);1-3H. The maximum Gasteiger partial charge on any atom is 0.345 e. The molecule has 2 aromatic rings. The van der Waals surface area contributed by atoms with E-state index in [1.54, 1.807) is 12.1 Å². The number of aromatic nitrogens is 3. The third kappa shape index (κ3) is 6.21. The lowest BCUT2D eigenvalue weighted by Crippen LogP contribution is -2.30. The van der Waals surface area contributed by atoms with E-state index in [-0.39, 0.29) is 6.03 Å². The first-order chi connectivity index (χ1) is 9.63. The van der Waals surface area contributed by atoms with Crippen LogP contribution in [-0.4, -0.2) is 40.2 Å². The van der Waals surface area contributed by atoms with E-state index < -0.39 is 0 Å². The van der Waals surface area contributed by atoms with Crippen molar-refractivity contribution < 1.29 is 9.63 Å². The number of anilines is 1. The fourth-order valence-electron chi connectivity index (χ4n) is 1.02. The molecule has 2 rings (SSSR count). The molecule has 0 aliphatic carbocycles. The van der Waals surface area contributed by atoms with E-state index in [4.69, 9.17) is 4.84 Å². The van der Waals surface area contributed by atoms with Gasteiger partial charge in [0.2, 0.25) is 0 Å². The van der Waals surface area contributed by atoms with Gasteiger partial charge in [-0.15, -0.1) is 0 Å². The van der Waals surface area contributed by atoms with Crippen molar-refractivity contribution >= 4 is 27.6 Å². The second kappa shape index (κ2) is 8.94. The Morgan fingerprint density at radius 3 is 2.05 bits per heavy atom. The van der Waals surface area contributed by atoms with Crippen molar-refractivity contribution in [3.05, 3.63) is 47.7 Å². The number of benzene rings is 1. The van der Waals surface area contributed by atoms with Gasteiger partial charge in [-0.25, -0.2) is 24.8 Å². The van der Waals surface area contributed by atoms with E-state index in [9.17, 15) is 4.79 Å². The minimum absolute atomic E-state index is 0.310. The molecule has 8 heteroatoms. The molecule has 0 bridgehead atoms. The fourth-order valence-corrected chi connectivity index (χ4v) is 1.29. The maximum atomic E-state index is 11.3. The lowest BCUT2D eigenvalue weighted by atomic mass is 10.3. The molecule has 0 saturated carbocycles. The summed E-state index contributed by atoms with van der Waals surface area (Å²) in [5, 5.41) is 3.77. The lowest BCUT2D eigenvalue weighted by molar-refractivity contribution is -0.0598. The van der Waals surface area contributed by atoms with E-state index in [0.29, 0.717) is 0 Å². The van der Waals surface area contributed by atoms with Crippen molar-refractivity contribution in [2.24, 2.45) is 0 Å². The zero-order valence-electron chi connectivity index (χ0n) is 11.0. The van der Waals surface area contributed by atoms with Crippen molar-refractivity contribution in [1.82, 2.24) is 20.0 Å². The molecular weight excluding hydrogens is 326 g/mol. The summed E-state index contributed by atoms with van der Waals surface area (Å²) in [4.78, 5) is 26.7. The zero-order valence-corrected chi connectivity index (χ0v) is 12.6. The first-order valence-corrected chi connectivity index (χ1v) is 6.32. The summed E-state index contributed by atoms with van der Waals surface area (Å²) in [6.07, 6.45) is 4.31. The average Bonchev–Trinajstić information content (AvgIpc) is 2.51. The number of hydrogen-bond donors (Lipinski definition) is 1. The molecule has 0 unspecified atom stereocenters. The van der Waals surface area contributed by atoms with Crippen molar-refractivity contribution in [2.75, 3.05) is 19.5 Å². The van der Waals surface area contributed by atoms with Crippen LogP contribution in [-0.2, 0) is 4.84 Å². The normalized spacial score (nSPS) is 9.15. The molecule has 0 saturated heterocycles. The molecule has 7 nitrogen and oxygen atoms in total. The second-order valence-corrected chi connectivity index (χ2v) is 4.33. The number of nitrogens with one attached hydrogen (secondary N) is 1. The summed E-state index contributed by atoms with van der Waals surface area (Å²) in [6, 6.07) is 6.98. The molecule has 0 fully saturated rings. The highest BCUT2D eigenvalue weighted by atomic mass is 79.9. The van der Waals surface area contributed by atoms with Gasteiger partial charge in [0.1, 0.15) is 19.0 Å². The Morgan fingerprint density at radius 1 is 1.15 bits per heavy atom. The number of hydroxylamine groups is 2. The summed E-state index contributed by atoms with van der Waals surface area (Å²) in [7, 11) is 2.97. The van der Waals surface area contributed by atoms with Crippen LogP contribution in [0, 0.1) is 0 Å². The lowest BCUT2D eigenvalue weighted by Gasteiger charge is -2.14. The minimum Gasteiger partial charge on any atom is -0.306 e. The van der Waals surface area contributed by atoms with Gasteiger partial charge in [-0.05, 0) is 24.3 Å². The Bertz CT molecular complexity index is 482. The molecule has 20 heavy (non-hydrogen) atoms. The number of urea groups is 1. The molecule has 1 N–H and O–H groups in total. The van der Waals surface area contributed by atoms with Gasteiger partial charge in [0.05, 0.1) is 7.11 Å². The van der Waals surface area contributed by atoms with Crippen LogP contribution in [0.25, 0.3) is 0 Å². The Balaban J connectivity index is 0.000000276. The highest BCUT2D eigenvalue weighted by Crippen LogP contribution is 2.14. The van der Waals surface area contributed by atoms with Gasteiger partial charge in [-0.3, -0.25) is 4.84 Å². The molecule has 2 amide bonds. The molecule has 1 aromatic carbocycles. The SMILES string of the molecule is CON(C)C(=O)Nc1ccc(Br)cc1.c1ncncn1. The predicted molar refractivity (Wildman–Crippen MR) is 77.8 cm³/mol. The molecule has 1 aromatic heterocycles. The van der Waals surface area contributed by atoms with E-state index in [0.717, 1.165) is 15.2 Å². The van der Waals surface area contributed by atoms with Crippen LogP contribution < -0.4 is 5.32 Å². The topological polar surface area (TPSA) is 80.2 Å². The van der Waals surface area contributed by atoms with Crippen LogP contribution in [0.2, 0.25) is 0 Å². The van der Waals surface area contributed by atoms with Crippen molar-refractivity contribution in [3.8, 4) is 0 Å². The summed E-state index contributed by atoms with van der Waals surface area (Å²) < 4.78 is 0.968. The van der Waals surface area contributed by atoms with Gasteiger partial charge in [0.15, 0.2) is 0 Å². The first-order valence-electron chi connectivity index (χ1n) is 5.53. The monoisotopic (exact) mass is 339 g/mol. The molecule has 0 aliphatic rings. The Morgan fingerprint density at radius 2 is 1.65 bits per heavy atom. The number of nitrogens with zero attached hydrogens (tertiary/aromatic N) is 4. The smallest absolute Gasteiger partial charge is 0.306 e. The summed E-state index contributed by atoms with van der Waals surface area (Å²) in [5.41, 5.74) is 0.724. The largest absolute Gasteiger partial charge is 0.345 e. The van der Waals surface area contributed by atoms with Crippen molar-refractivity contribution in [1.29, 1.82) is 0 Å². The molecule has 0 atom stereocenters. The third-order valence-electron chi connectivity index (χ3n) is 2.06. The number of amides is 2. The second-order valence-electron chi connectivity index (χ2n) is 3.41. The van der Waals surface area contributed by atoms with Crippen LogP contribution >= 0.6 is 15.9 Å². The quantitative estimate of drug-likeness (QED) is 0.849. The molecule has 0 aliphatic heterocycles. The number of carbonyl (C=O) groups is 1. The number of halogens is 1. The van der Waals surface area contributed by atoms with E-state index in [1.807, 2.05) is 12.1 Å². The first kappa shape index (κ1) is 16.0.